The molecule has 10 heteroatoms. The molecular weight excluding hydrogens is 470 g/mol. The maximum absolute atomic E-state index is 15.4. The summed E-state index contributed by atoms with van der Waals surface area (Å²) in [5, 5.41) is 0. The number of carbonyl (C=O) groups is 1. The minimum absolute atomic E-state index is 0.0879. The highest BCUT2D eigenvalue weighted by atomic mass is 32.1. The third-order valence-corrected chi connectivity index (χ3v) is 8.38. The molecule has 1 aromatic carbocycles. The van der Waals surface area contributed by atoms with Crippen LogP contribution in [0.3, 0.4) is 0 Å². The number of benzene rings is 1. The number of rotatable bonds is 6. The fraction of sp³-hybridized carbons (Fsp3) is 0.520. The van der Waals surface area contributed by atoms with Crippen molar-refractivity contribution in [3.05, 3.63) is 45.8 Å². The van der Waals surface area contributed by atoms with E-state index in [1.54, 1.807) is 6.07 Å². The molecule has 0 N–H and O–H groups in total. The van der Waals surface area contributed by atoms with E-state index in [0.29, 0.717) is 28.9 Å². The van der Waals surface area contributed by atoms with Crippen LogP contribution in [0.25, 0.3) is 10.3 Å². The molecule has 0 bridgehead atoms. The summed E-state index contributed by atoms with van der Waals surface area (Å²) in [5.41, 5.74) is 1.98. The van der Waals surface area contributed by atoms with E-state index in [-0.39, 0.29) is 17.9 Å². The van der Waals surface area contributed by atoms with E-state index in [0.717, 1.165) is 34.8 Å². The van der Waals surface area contributed by atoms with E-state index in [4.69, 9.17) is 23.8 Å². The maximum Gasteiger partial charge on any atom is 0.495 e. The first-order valence-electron chi connectivity index (χ1n) is 11.8. The van der Waals surface area contributed by atoms with Crippen LogP contribution in [-0.4, -0.2) is 53.7 Å². The lowest BCUT2D eigenvalue weighted by Gasteiger charge is -2.32. The number of halogens is 1. The van der Waals surface area contributed by atoms with Crippen LogP contribution < -0.4 is 5.46 Å². The minimum atomic E-state index is -0.622. The lowest BCUT2D eigenvalue weighted by Crippen LogP contribution is -2.41. The van der Waals surface area contributed by atoms with Crippen molar-refractivity contribution in [3.63, 3.8) is 0 Å². The third-order valence-electron chi connectivity index (χ3n) is 7.38. The first-order chi connectivity index (χ1) is 16.5. The number of fused-ring (bicyclic) bond motifs is 1. The van der Waals surface area contributed by atoms with Crippen LogP contribution in [-0.2, 0) is 31.7 Å². The minimum Gasteiger partial charge on any atom is -0.465 e. The molecule has 0 unspecified atom stereocenters. The zero-order valence-electron chi connectivity index (χ0n) is 20.9. The number of aryl methyl sites for hydroxylation is 1. The quantitative estimate of drug-likeness (QED) is 0.376. The molecule has 0 amide bonds. The highest BCUT2D eigenvalue weighted by Crippen LogP contribution is 2.37. The van der Waals surface area contributed by atoms with E-state index in [1.165, 1.54) is 24.5 Å². The lowest BCUT2D eigenvalue weighted by atomic mass is 9.75. The highest BCUT2D eigenvalue weighted by molar-refractivity contribution is 7.20. The number of esters is 1. The van der Waals surface area contributed by atoms with E-state index in [1.807, 2.05) is 45.3 Å². The Bertz CT molecular complexity index is 1280. The molecule has 5 rings (SSSR count). The molecule has 0 spiro atoms. The third kappa shape index (κ3) is 4.30. The number of hydrogen-bond donors (Lipinski definition) is 0. The van der Waals surface area contributed by atoms with E-state index < -0.39 is 18.3 Å². The van der Waals surface area contributed by atoms with Gasteiger partial charge in [-0.05, 0) is 64.2 Å². The number of nitrogens with zero attached hydrogens (tertiary/aromatic N) is 2. The van der Waals surface area contributed by atoms with Crippen LogP contribution in [0, 0.1) is 12.7 Å². The number of ether oxygens (including phenoxy) is 2. The smallest absolute Gasteiger partial charge is 0.465 e. The van der Waals surface area contributed by atoms with Crippen LogP contribution in [0.5, 0.6) is 0 Å². The number of hydrogen-bond acceptors (Lipinski definition) is 7. The molecule has 35 heavy (non-hydrogen) atoms. The molecule has 2 aliphatic rings. The summed E-state index contributed by atoms with van der Waals surface area (Å²) in [6.45, 7) is 11.2. The molecule has 2 saturated heterocycles. The average molecular weight is 500 g/mol. The molecule has 7 nitrogen and oxygen atoms in total. The molecular formula is C25H30BFN2O5S. The van der Waals surface area contributed by atoms with Crippen LogP contribution in [0.1, 0.15) is 60.7 Å². The molecule has 186 valence electrons. The van der Waals surface area contributed by atoms with Gasteiger partial charge in [-0.25, -0.2) is 14.2 Å². The number of imidazole rings is 1. The standard InChI is InChI=1S/C25H30BFN2O5S/c1-14-9-15(18(27)11-17(14)26-33-24(2,3)25(4,5)34-26)10-21-28-22-19(12-20(35-22)23(30)31-6)29(21)13-16-7-8-32-16/h9,11-12,16H,7-8,10,13H2,1-6H3/t16-/m0/s1. The second-order valence-corrected chi connectivity index (χ2v) is 11.3. The Balaban J connectivity index is 1.46. The summed E-state index contributed by atoms with van der Waals surface area (Å²) in [4.78, 5) is 18.0. The Morgan fingerprint density at radius 1 is 1.26 bits per heavy atom. The predicted octanol–water partition coefficient (Wildman–Crippen LogP) is 4.01. The molecule has 3 aromatic rings. The van der Waals surface area contributed by atoms with Gasteiger partial charge in [-0.2, -0.15) is 0 Å². The lowest BCUT2D eigenvalue weighted by molar-refractivity contribution is -0.0589. The number of thiophene rings is 1. The van der Waals surface area contributed by atoms with Crippen molar-refractivity contribution in [1.82, 2.24) is 9.55 Å². The van der Waals surface area contributed by atoms with Gasteiger partial charge in [0.25, 0.3) is 0 Å². The van der Waals surface area contributed by atoms with E-state index in [9.17, 15) is 4.79 Å². The SMILES string of the molecule is COC(=O)c1cc2c(nc(Cc3cc(C)c(B4OC(C)(C)C(C)(C)O4)cc3F)n2C[C@@H]2CCO2)s1. The molecule has 1 atom stereocenters. The summed E-state index contributed by atoms with van der Waals surface area (Å²) in [5.74, 6) is 0.0224. The van der Waals surface area contributed by atoms with Gasteiger partial charge in [0.2, 0.25) is 0 Å². The topological polar surface area (TPSA) is 71.8 Å². The van der Waals surface area contributed by atoms with Crippen LogP contribution >= 0.6 is 11.3 Å². The van der Waals surface area contributed by atoms with Gasteiger partial charge in [-0.3, -0.25) is 0 Å². The second kappa shape index (κ2) is 8.69. The Hall–Kier alpha value is -2.27. The monoisotopic (exact) mass is 500 g/mol. The summed E-state index contributed by atoms with van der Waals surface area (Å²) in [6.07, 6.45) is 1.37. The first kappa shape index (κ1) is 24.4. The summed E-state index contributed by atoms with van der Waals surface area (Å²) < 4.78 is 40.2. The van der Waals surface area contributed by atoms with Crippen molar-refractivity contribution < 1.29 is 28.0 Å². The van der Waals surface area contributed by atoms with Crippen LogP contribution in [0.4, 0.5) is 4.39 Å². The molecule has 0 saturated carbocycles. The van der Waals surface area contributed by atoms with Gasteiger partial charge < -0.3 is 23.3 Å². The zero-order valence-corrected chi connectivity index (χ0v) is 21.8. The Morgan fingerprint density at radius 3 is 2.54 bits per heavy atom. The Kier molecular flexibility index (Phi) is 6.07. The van der Waals surface area contributed by atoms with Gasteiger partial charge >= 0.3 is 13.1 Å². The van der Waals surface area contributed by atoms with Gasteiger partial charge in [0.15, 0.2) is 0 Å². The Labute approximate surface area is 208 Å². The van der Waals surface area contributed by atoms with Gasteiger partial charge in [-0.1, -0.05) is 11.6 Å². The van der Waals surface area contributed by atoms with Crippen molar-refractivity contribution in [2.45, 2.75) is 71.3 Å². The van der Waals surface area contributed by atoms with Gasteiger partial charge in [0, 0.05) is 13.0 Å². The summed E-state index contributed by atoms with van der Waals surface area (Å²) >= 11 is 1.28. The molecule has 2 aromatic heterocycles. The maximum atomic E-state index is 15.4. The summed E-state index contributed by atoms with van der Waals surface area (Å²) in [6, 6.07) is 5.17. The highest BCUT2D eigenvalue weighted by Gasteiger charge is 2.52. The van der Waals surface area contributed by atoms with Crippen molar-refractivity contribution in [2.75, 3.05) is 13.7 Å². The molecule has 4 heterocycles. The first-order valence-corrected chi connectivity index (χ1v) is 12.6. The normalized spacial score (nSPS) is 20.9. The van der Waals surface area contributed by atoms with Gasteiger partial charge in [-0.15, -0.1) is 11.3 Å². The number of aromatic nitrogens is 2. The molecule has 2 fully saturated rings. The van der Waals surface area contributed by atoms with Crippen LogP contribution in [0.2, 0.25) is 0 Å². The fourth-order valence-corrected chi connectivity index (χ4v) is 5.39. The number of methoxy groups -OCH3 is 1. The Morgan fingerprint density at radius 2 is 1.94 bits per heavy atom. The van der Waals surface area contributed by atoms with Crippen molar-refractivity contribution in [1.29, 1.82) is 0 Å². The average Bonchev–Trinajstić information content (AvgIpc) is 3.36. The van der Waals surface area contributed by atoms with Gasteiger partial charge in [0.1, 0.15) is 21.3 Å². The molecule has 0 aliphatic carbocycles. The van der Waals surface area contributed by atoms with Crippen molar-refractivity contribution >= 4 is 40.2 Å². The van der Waals surface area contributed by atoms with E-state index >= 15 is 4.39 Å². The largest absolute Gasteiger partial charge is 0.495 e. The molecule has 2 aliphatic heterocycles. The predicted molar refractivity (Wildman–Crippen MR) is 133 cm³/mol. The van der Waals surface area contributed by atoms with Crippen molar-refractivity contribution in [2.24, 2.45) is 0 Å². The van der Waals surface area contributed by atoms with Crippen LogP contribution in [0.15, 0.2) is 18.2 Å². The van der Waals surface area contributed by atoms with E-state index in [2.05, 4.69) is 0 Å². The summed E-state index contributed by atoms with van der Waals surface area (Å²) in [7, 11) is 0.739. The van der Waals surface area contributed by atoms with Crippen molar-refractivity contribution in [3.8, 4) is 0 Å². The van der Waals surface area contributed by atoms with Gasteiger partial charge in [0.05, 0.1) is 36.5 Å². The fourth-order valence-electron chi connectivity index (χ4n) is 4.42. The zero-order chi connectivity index (χ0) is 25.1. The number of carbonyl (C=O) groups excluding carboxylic acids is 1. The second-order valence-electron chi connectivity index (χ2n) is 10.3. The molecule has 0 radical (unpaired) electrons.